The van der Waals surface area contributed by atoms with Gasteiger partial charge in [-0.25, -0.2) is 0 Å². The lowest BCUT2D eigenvalue weighted by molar-refractivity contribution is 0.0966. The average Bonchev–Trinajstić information content (AvgIpc) is 3.23. The van der Waals surface area contributed by atoms with Crippen molar-refractivity contribution in [1.29, 1.82) is 0 Å². The highest BCUT2D eigenvalue weighted by Crippen LogP contribution is 2.38. The molecule has 1 saturated carbocycles. The Morgan fingerprint density at radius 2 is 2.16 bits per heavy atom. The van der Waals surface area contributed by atoms with E-state index < -0.39 is 0 Å². The zero-order valence-corrected chi connectivity index (χ0v) is 14.6. The molecule has 2 fully saturated rings. The molecule has 134 valence electrons. The van der Waals surface area contributed by atoms with Crippen LogP contribution in [0.4, 0.5) is 0 Å². The zero-order chi connectivity index (χ0) is 17.1. The number of pyridine rings is 1. The fourth-order valence-electron chi connectivity index (χ4n) is 3.55. The third-order valence-electron chi connectivity index (χ3n) is 5.08. The smallest absolute Gasteiger partial charge is 0.244 e. The summed E-state index contributed by atoms with van der Waals surface area (Å²) in [5.74, 6) is 1.96. The number of nitrogens with zero attached hydrogens (tertiary/aromatic N) is 4. The molecule has 0 aromatic carbocycles. The van der Waals surface area contributed by atoms with E-state index in [1.54, 1.807) is 13.3 Å². The minimum Gasteiger partial charge on any atom is -0.491 e. The van der Waals surface area contributed by atoms with E-state index >= 15 is 0 Å². The average molecular weight is 344 g/mol. The van der Waals surface area contributed by atoms with E-state index in [2.05, 4.69) is 20.0 Å². The van der Waals surface area contributed by atoms with Crippen LogP contribution in [0.1, 0.15) is 44.0 Å². The van der Waals surface area contributed by atoms with E-state index in [1.807, 2.05) is 12.1 Å². The van der Waals surface area contributed by atoms with E-state index in [9.17, 15) is 0 Å². The molecule has 0 bridgehead atoms. The normalized spacial score (nSPS) is 21.4. The molecule has 0 spiro atoms. The van der Waals surface area contributed by atoms with Crippen LogP contribution in [-0.2, 0) is 4.74 Å². The van der Waals surface area contributed by atoms with Gasteiger partial charge in [-0.3, -0.25) is 9.88 Å². The molecule has 0 amide bonds. The predicted octanol–water partition coefficient (Wildman–Crippen LogP) is 2.85. The van der Waals surface area contributed by atoms with Crippen molar-refractivity contribution in [1.82, 2.24) is 20.0 Å². The number of aromatic nitrogens is 3. The first-order valence-corrected chi connectivity index (χ1v) is 9.02. The highest BCUT2D eigenvalue weighted by molar-refractivity contribution is 5.50. The first-order chi connectivity index (χ1) is 12.3. The van der Waals surface area contributed by atoms with E-state index in [4.69, 9.17) is 14.0 Å². The zero-order valence-electron chi connectivity index (χ0n) is 14.6. The van der Waals surface area contributed by atoms with E-state index in [-0.39, 0.29) is 6.04 Å². The van der Waals surface area contributed by atoms with Crippen LogP contribution in [0.3, 0.4) is 0 Å². The molecule has 1 aliphatic carbocycles. The van der Waals surface area contributed by atoms with Crippen LogP contribution in [0, 0.1) is 0 Å². The number of ether oxygens (including phenoxy) is 2. The van der Waals surface area contributed by atoms with Gasteiger partial charge >= 0.3 is 0 Å². The van der Waals surface area contributed by atoms with Crippen LogP contribution in [0.25, 0.3) is 11.5 Å². The number of hydrogen-bond acceptors (Lipinski definition) is 7. The van der Waals surface area contributed by atoms with Crippen molar-refractivity contribution in [2.75, 3.05) is 26.9 Å². The number of methoxy groups -OCH3 is 1. The molecular weight excluding hydrogens is 320 g/mol. The molecule has 2 aliphatic rings. The van der Waals surface area contributed by atoms with Gasteiger partial charge in [-0.05, 0) is 38.3 Å². The van der Waals surface area contributed by atoms with Crippen LogP contribution in [0.5, 0.6) is 5.75 Å². The topological polar surface area (TPSA) is 73.5 Å². The third kappa shape index (κ3) is 3.52. The maximum absolute atomic E-state index is 5.63. The Morgan fingerprint density at radius 1 is 1.24 bits per heavy atom. The van der Waals surface area contributed by atoms with Gasteiger partial charge in [0.25, 0.3) is 0 Å². The lowest BCUT2D eigenvalue weighted by atomic mass is 9.91. The Kier molecular flexibility index (Phi) is 4.94. The molecule has 7 heteroatoms. The summed E-state index contributed by atoms with van der Waals surface area (Å²) in [5.41, 5.74) is 0.665. The molecule has 2 aromatic rings. The molecule has 0 radical (unpaired) electrons. The Bertz CT molecular complexity index is 701. The molecule has 4 rings (SSSR count). The lowest BCUT2D eigenvalue weighted by Gasteiger charge is -2.37. The Balaban J connectivity index is 1.48. The second kappa shape index (κ2) is 7.49. The van der Waals surface area contributed by atoms with Gasteiger partial charge in [0, 0.05) is 25.4 Å². The van der Waals surface area contributed by atoms with Crippen LogP contribution >= 0.6 is 0 Å². The van der Waals surface area contributed by atoms with Crippen LogP contribution in [0.2, 0.25) is 0 Å². The van der Waals surface area contributed by atoms with E-state index in [0.717, 1.165) is 18.7 Å². The maximum Gasteiger partial charge on any atom is 0.244 e. The third-order valence-corrected chi connectivity index (χ3v) is 5.08. The number of rotatable bonds is 7. The van der Waals surface area contributed by atoms with Crippen LogP contribution in [0.15, 0.2) is 22.9 Å². The standard InChI is InChI=1S/C18H24N4O3/c1-23-10-11-24-14-7-8-19-15(12-14)17-20-18(25-21-17)16-6-3-9-22(16)13-4-2-5-13/h7-8,12-13,16H,2-6,9-11H2,1H3/t16-/m0/s1. The van der Waals surface area contributed by atoms with Gasteiger partial charge in [0.2, 0.25) is 11.7 Å². The van der Waals surface area contributed by atoms with E-state index in [1.165, 1.54) is 25.7 Å². The van der Waals surface area contributed by atoms with Gasteiger partial charge in [-0.1, -0.05) is 11.6 Å². The molecule has 1 atom stereocenters. The van der Waals surface area contributed by atoms with Crippen molar-refractivity contribution in [3.05, 3.63) is 24.2 Å². The molecule has 0 unspecified atom stereocenters. The molecule has 1 saturated heterocycles. The maximum atomic E-state index is 5.63. The summed E-state index contributed by atoms with van der Waals surface area (Å²) in [6.07, 6.45) is 7.90. The van der Waals surface area contributed by atoms with Crippen molar-refractivity contribution in [2.24, 2.45) is 0 Å². The Morgan fingerprint density at radius 3 is 2.96 bits per heavy atom. The Labute approximate surface area is 147 Å². The minimum absolute atomic E-state index is 0.257. The van der Waals surface area contributed by atoms with Gasteiger partial charge in [0.15, 0.2) is 0 Å². The van der Waals surface area contributed by atoms with Gasteiger partial charge < -0.3 is 14.0 Å². The highest BCUT2D eigenvalue weighted by Gasteiger charge is 2.37. The SMILES string of the molecule is COCCOc1ccnc(-c2noc([C@@H]3CCCN3C3CCC3)n2)c1. The summed E-state index contributed by atoms with van der Waals surface area (Å²) in [6.45, 7) is 2.17. The van der Waals surface area contributed by atoms with Crippen LogP contribution in [-0.4, -0.2) is 52.9 Å². The van der Waals surface area contributed by atoms with Crippen molar-refractivity contribution in [2.45, 2.75) is 44.2 Å². The summed E-state index contributed by atoms with van der Waals surface area (Å²) >= 11 is 0. The largest absolute Gasteiger partial charge is 0.491 e. The number of likely N-dealkylation sites (tertiary alicyclic amines) is 1. The van der Waals surface area contributed by atoms with Gasteiger partial charge in [0.1, 0.15) is 18.1 Å². The van der Waals surface area contributed by atoms with Crippen molar-refractivity contribution >= 4 is 0 Å². The molecular formula is C18H24N4O3. The van der Waals surface area contributed by atoms with Gasteiger partial charge in [-0.2, -0.15) is 4.98 Å². The van der Waals surface area contributed by atoms with Crippen molar-refractivity contribution in [3.63, 3.8) is 0 Å². The molecule has 1 aliphatic heterocycles. The fourth-order valence-corrected chi connectivity index (χ4v) is 3.55. The van der Waals surface area contributed by atoms with Gasteiger partial charge in [0.05, 0.1) is 12.6 Å². The first-order valence-electron chi connectivity index (χ1n) is 9.02. The summed E-state index contributed by atoms with van der Waals surface area (Å²) in [6, 6.07) is 4.60. The highest BCUT2D eigenvalue weighted by atomic mass is 16.5. The summed E-state index contributed by atoms with van der Waals surface area (Å²) in [4.78, 5) is 11.5. The quantitative estimate of drug-likeness (QED) is 0.715. The fraction of sp³-hybridized carbons (Fsp3) is 0.611. The second-order valence-corrected chi connectivity index (χ2v) is 6.65. The first kappa shape index (κ1) is 16.5. The Hall–Kier alpha value is -1.99. The molecule has 25 heavy (non-hydrogen) atoms. The minimum atomic E-state index is 0.257. The van der Waals surface area contributed by atoms with Gasteiger partial charge in [-0.15, -0.1) is 0 Å². The summed E-state index contributed by atoms with van der Waals surface area (Å²) < 4.78 is 16.2. The molecule has 0 N–H and O–H groups in total. The molecule has 2 aromatic heterocycles. The van der Waals surface area contributed by atoms with Crippen molar-refractivity contribution < 1.29 is 14.0 Å². The molecule has 3 heterocycles. The van der Waals surface area contributed by atoms with Crippen molar-refractivity contribution in [3.8, 4) is 17.3 Å². The predicted molar refractivity (Wildman–Crippen MR) is 91.2 cm³/mol. The van der Waals surface area contributed by atoms with Crippen LogP contribution < -0.4 is 4.74 Å². The summed E-state index contributed by atoms with van der Waals surface area (Å²) in [5, 5.41) is 4.15. The lowest BCUT2D eigenvalue weighted by Crippen LogP contribution is -2.39. The second-order valence-electron chi connectivity index (χ2n) is 6.65. The number of hydrogen-bond donors (Lipinski definition) is 0. The summed E-state index contributed by atoms with van der Waals surface area (Å²) in [7, 11) is 1.65. The van der Waals surface area contributed by atoms with E-state index in [0.29, 0.717) is 36.7 Å². The monoisotopic (exact) mass is 344 g/mol. The molecule has 7 nitrogen and oxygen atoms in total.